The Hall–Kier alpha value is -0.220. The Morgan fingerprint density at radius 3 is 2.56 bits per heavy atom. The molecule has 2 aliphatic rings. The molecule has 0 aromatic heterocycles. The second-order valence-corrected chi connectivity index (χ2v) is 6.11. The molecule has 16 heavy (non-hydrogen) atoms. The van der Waals surface area contributed by atoms with Gasteiger partial charge in [0.25, 0.3) is 0 Å². The van der Waals surface area contributed by atoms with Crippen LogP contribution in [0.15, 0.2) is 0 Å². The first-order valence-electron chi connectivity index (χ1n) is 6.23. The van der Waals surface area contributed by atoms with E-state index >= 15 is 0 Å². The monoisotopic (exact) mass is 243 g/mol. The van der Waals surface area contributed by atoms with Crippen molar-refractivity contribution in [3.8, 4) is 0 Å². The minimum Gasteiger partial charge on any atom is -0.393 e. The number of likely N-dealkylation sites (tertiary alicyclic amines) is 1. The minimum atomic E-state index is -0.223. The predicted molar refractivity (Wildman–Crippen MR) is 66.4 cm³/mol. The third-order valence-corrected chi connectivity index (χ3v) is 4.97. The van der Waals surface area contributed by atoms with Gasteiger partial charge in [0.05, 0.1) is 6.10 Å². The van der Waals surface area contributed by atoms with Crippen LogP contribution in [-0.2, 0) is 4.79 Å². The quantitative estimate of drug-likeness (QED) is 0.796. The summed E-state index contributed by atoms with van der Waals surface area (Å²) >= 11 is 1.89. The molecule has 0 aromatic rings. The molecule has 0 radical (unpaired) electrons. The second kappa shape index (κ2) is 5.41. The maximum Gasteiger partial charge on any atom is 0.226 e. The zero-order valence-corrected chi connectivity index (χ0v) is 10.7. The lowest BCUT2D eigenvalue weighted by molar-refractivity contribution is -0.136. The van der Waals surface area contributed by atoms with E-state index in [0.717, 1.165) is 43.9 Å². The van der Waals surface area contributed by atoms with Crippen LogP contribution < -0.4 is 0 Å². The lowest BCUT2D eigenvalue weighted by Crippen LogP contribution is -2.43. The summed E-state index contributed by atoms with van der Waals surface area (Å²) in [6.07, 6.45) is 2.76. The number of hydrogen-bond acceptors (Lipinski definition) is 3. The van der Waals surface area contributed by atoms with Crippen molar-refractivity contribution in [1.29, 1.82) is 0 Å². The molecule has 2 unspecified atom stereocenters. The van der Waals surface area contributed by atoms with Gasteiger partial charge in [-0.3, -0.25) is 4.79 Å². The molecule has 2 heterocycles. The third kappa shape index (κ3) is 2.72. The number of carbonyl (C=O) groups is 1. The van der Waals surface area contributed by atoms with Crippen LogP contribution >= 0.6 is 11.8 Å². The van der Waals surface area contributed by atoms with Gasteiger partial charge in [0, 0.05) is 24.8 Å². The number of piperidine rings is 1. The average Bonchev–Trinajstić information content (AvgIpc) is 2.81. The van der Waals surface area contributed by atoms with E-state index in [1.54, 1.807) is 0 Å². The van der Waals surface area contributed by atoms with Gasteiger partial charge in [-0.15, -0.1) is 0 Å². The van der Waals surface area contributed by atoms with Gasteiger partial charge in [-0.25, -0.2) is 0 Å². The van der Waals surface area contributed by atoms with Crippen LogP contribution in [0, 0.1) is 11.8 Å². The topological polar surface area (TPSA) is 40.5 Å². The standard InChI is InChI=1S/C12H21NO2S/c1-9(14)10-2-5-13(6-3-10)12(15)11-4-7-16-8-11/h9-11,14H,2-8H2,1H3. The highest BCUT2D eigenvalue weighted by atomic mass is 32.2. The van der Waals surface area contributed by atoms with Gasteiger partial charge in [-0.1, -0.05) is 0 Å². The molecular weight excluding hydrogens is 222 g/mol. The number of thioether (sulfide) groups is 1. The molecule has 2 saturated heterocycles. The third-order valence-electron chi connectivity index (χ3n) is 3.81. The zero-order valence-electron chi connectivity index (χ0n) is 9.89. The van der Waals surface area contributed by atoms with Gasteiger partial charge in [-0.05, 0) is 37.9 Å². The number of amides is 1. The highest BCUT2D eigenvalue weighted by Crippen LogP contribution is 2.27. The van der Waals surface area contributed by atoms with Crippen LogP contribution in [0.1, 0.15) is 26.2 Å². The summed E-state index contributed by atoms with van der Waals surface area (Å²) in [5.41, 5.74) is 0. The molecular formula is C12H21NO2S. The Labute approximate surface area is 102 Å². The minimum absolute atomic E-state index is 0.223. The van der Waals surface area contributed by atoms with E-state index in [2.05, 4.69) is 0 Å². The molecule has 2 aliphatic heterocycles. The van der Waals surface area contributed by atoms with E-state index in [9.17, 15) is 9.90 Å². The van der Waals surface area contributed by atoms with Crippen LogP contribution in [0.2, 0.25) is 0 Å². The van der Waals surface area contributed by atoms with Crippen molar-refractivity contribution in [2.75, 3.05) is 24.6 Å². The molecule has 1 amide bonds. The summed E-state index contributed by atoms with van der Waals surface area (Å²) in [7, 11) is 0. The smallest absolute Gasteiger partial charge is 0.226 e. The van der Waals surface area contributed by atoms with Gasteiger partial charge >= 0.3 is 0 Å². The van der Waals surface area contributed by atoms with Crippen molar-refractivity contribution >= 4 is 17.7 Å². The van der Waals surface area contributed by atoms with Crippen molar-refractivity contribution in [2.45, 2.75) is 32.3 Å². The Morgan fingerprint density at radius 1 is 1.38 bits per heavy atom. The largest absolute Gasteiger partial charge is 0.393 e. The lowest BCUT2D eigenvalue weighted by Gasteiger charge is -2.34. The van der Waals surface area contributed by atoms with Gasteiger partial charge in [0.15, 0.2) is 0 Å². The number of hydrogen-bond donors (Lipinski definition) is 1. The molecule has 2 fully saturated rings. The van der Waals surface area contributed by atoms with E-state index in [4.69, 9.17) is 0 Å². The normalized spacial score (nSPS) is 29.4. The highest BCUT2D eigenvalue weighted by Gasteiger charge is 2.31. The van der Waals surface area contributed by atoms with Crippen LogP contribution in [-0.4, -0.2) is 46.6 Å². The predicted octanol–water partition coefficient (Wildman–Crippen LogP) is 1.36. The SMILES string of the molecule is CC(O)C1CCN(C(=O)C2CCSC2)CC1. The van der Waals surface area contributed by atoms with Crippen LogP contribution in [0.25, 0.3) is 0 Å². The highest BCUT2D eigenvalue weighted by molar-refractivity contribution is 7.99. The van der Waals surface area contributed by atoms with E-state index < -0.39 is 0 Å². The van der Waals surface area contributed by atoms with E-state index in [0.29, 0.717) is 11.8 Å². The van der Waals surface area contributed by atoms with E-state index in [1.807, 2.05) is 23.6 Å². The molecule has 3 nitrogen and oxygen atoms in total. The van der Waals surface area contributed by atoms with Gasteiger partial charge in [0.2, 0.25) is 5.91 Å². The summed E-state index contributed by atoms with van der Waals surface area (Å²) in [6, 6.07) is 0. The second-order valence-electron chi connectivity index (χ2n) is 4.96. The fraction of sp³-hybridized carbons (Fsp3) is 0.917. The van der Waals surface area contributed by atoms with Gasteiger partial charge in [-0.2, -0.15) is 11.8 Å². The molecule has 0 aliphatic carbocycles. The summed E-state index contributed by atoms with van der Waals surface area (Å²) in [6.45, 7) is 3.54. The van der Waals surface area contributed by atoms with Crippen LogP contribution in [0.5, 0.6) is 0 Å². The number of rotatable bonds is 2. The molecule has 4 heteroatoms. The summed E-state index contributed by atoms with van der Waals surface area (Å²) < 4.78 is 0. The van der Waals surface area contributed by atoms with Crippen LogP contribution in [0.3, 0.4) is 0 Å². The maximum atomic E-state index is 12.1. The molecule has 92 valence electrons. The molecule has 1 N–H and O–H groups in total. The zero-order chi connectivity index (χ0) is 11.5. The number of aliphatic hydroxyl groups is 1. The van der Waals surface area contributed by atoms with Crippen molar-refractivity contribution in [3.05, 3.63) is 0 Å². The van der Waals surface area contributed by atoms with Gasteiger partial charge in [0.1, 0.15) is 0 Å². The number of aliphatic hydroxyl groups excluding tert-OH is 1. The summed E-state index contributed by atoms with van der Waals surface area (Å²) in [5.74, 6) is 3.17. The van der Waals surface area contributed by atoms with Crippen molar-refractivity contribution in [3.63, 3.8) is 0 Å². The first kappa shape index (κ1) is 12.2. The molecule has 0 aromatic carbocycles. The van der Waals surface area contributed by atoms with E-state index in [-0.39, 0.29) is 12.0 Å². The summed E-state index contributed by atoms with van der Waals surface area (Å²) in [4.78, 5) is 14.1. The Morgan fingerprint density at radius 2 is 2.06 bits per heavy atom. The first-order chi connectivity index (χ1) is 7.68. The van der Waals surface area contributed by atoms with Crippen molar-refractivity contribution < 1.29 is 9.90 Å². The fourth-order valence-corrected chi connectivity index (χ4v) is 3.80. The number of nitrogens with zero attached hydrogens (tertiary/aromatic N) is 1. The fourth-order valence-electron chi connectivity index (χ4n) is 2.59. The Balaban J connectivity index is 1.81. The summed E-state index contributed by atoms with van der Waals surface area (Å²) in [5, 5.41) is 9.51. The molecule has 0 spiro atoms. The number of carbonyl (C=O) groups excluding carboxylic acids is 1. The molecule has 2 atom stereocenters. The molecule has 0 saturated carbocycles. The average molecular weight is 243 g/mol. The lowest BCUT2D eigenvalue weighted by atomic mass is 9.91. The Kier molecular flexibility index (Phi) is 4.14. The van der Waals surface area contributed by atoms with Crippen molar-refractivity contribution in [1.82, 2.24) is 4.90 Å². The van der Waals surface area contributed by atoms with Crippen LogP contribution in [0.4, 0.5) is 0 Å². The first-order valence-corrected chi connectivity index (χ1v) is 7.38. The maximum absolute atomic E-state index is 12.1. The molecule has 0 bridgehead atoms. The van der Waals surface area contributed by atoms with Crippen molar-refractivity contribution in [2.24, 2.45) is 11.8 Å². The Bertz CT molecular complexity index is 243. The van der Waals surface area contributed by atoms with E-state index in [1.165, 1.54) is 0 Å². The molecule has 2 rings (SSSR count). The van der Waals surface area contributed by atoms with Gasteiger partial charge < -0.3 is 10.0 Å².